The van der Waals surface area contributed by atoms with Crippen molar-refractivity contribution in [2.75, 3.05) is 6.61 Å². The topological polar surface area (TPSA) is 43.4 Å². The van der Waals surface area contributed by atoms with Crippen LogP contribution in [0, 0.1) is 0 Å². The Morgan fingerprint density at radius 3 is 2.00 bits per heavy atom. The number of ketones is 1. The molecule has 0 aliphatic carbocycles. The van der Waals surface area contributed by atoms with Gasteiger partial charge in [0.1, 0.15) is 0 Å². The summed E-state index contributed by atoms with van der Waals surface area (Å²) in [6.45, 7) is 3.09. The first-order valence-corrected chi connectivity index (χ1v) is 2.36. The summed E-state index contributed by atoms with van der Waals surface area (Å²) in [5, 5.41) is 0. The number of rotatable bonds is 2. The van der Waals surface area contributed by atoms with Crippen LogP contribution in [0.1, 0.15) is 13.8 Å². The van der Waals surface area contributed by atoms with E-state index < -0.39 is 11.8 Å². The molecule has 0 aromatic rings. The molecule has 0 unspecified atom stereocenters. The van der Waals surface area contributed by atoms with E-state index in [1.807, 2.05) is 0 Å². The summed E-state index contributed by atoms with van der Waals surface area (Å²) in [5.41, 5.74) is 0. The second-order valence-corrected chi connectivity index (χ2v) is 1.28. The Hall–Kier alpha value is -0.341. The van der Waals surface area contributed by atoms with E-state index in [4.69, 9.17) is 0 Å². The first-order chi connectivity index (χ1) is 3.68. The van der Waals surface area contributed by atoms with E-state index in [0.29, 0.717) is 0 Å². The molecule has 0 atom stereocenters. The summed E-state index contributed by atoms with van der Waals surface area (Å²) in [6.07, 6.45) is 0. The SMILES string of the molecule is CCOC(=O)C(C)=O.[Fe]. The molecule has 0 N–H and O–H groups in total. The van der Waals surface area contributed by atoms with Crippen molar-refractivity contribution in [1.82, 2.24) is 0 Å². The monoisotopic (exact) mass is 172 g/mol. The molecule has 0 aliphatic heterocycles. The zero-order valence-electron chi connectivity index (χ0n) is 5.29. The van der Waals surface area contributed by atoms with E-state index in [9.17, 15) is 9.59 Å². The van der Waals surface area contributed by atoms with Crippen LogP contribution in [0.25, 0.3) is 0 Å². The maximum Gasteiger partial charge on any atom is 0.374 e. The molecule has 0 saturated heterocycles. The number of hydrogen-bond acceptors (Lipinski definition) is 3. The molecule has 54 valence electrons. The molecule has 0 heterocycles. The second-order valence-electron chi connectivity index (χ2n) is 1.28. The first-order valence-electron chi connectivity index (χ1n) is 2.36. The largest absolute Gasteiger partial charge is 0.460 e. The molecule has 0 aliphatic rings. The van der Waals surface area contributed by atoms with Gasteiger partial charge in [-0.1, -0.05) is 0 Å². The Bertz CT molecular complexity index is 111. The zero-order valence-corrected chi connectivity index (χ0v) is 6.39. The molecule has 4 heteroatoms. The van der Waals surface area contributed by atoms with Crippen LogP contribution >= 0.6 is 0 Å². The molecule has 3 nitrogen and oxygen atoms in total. The predicted molar refractivity (Wildman–Crippen MR) is 27.3 cm³/mol. The Kier molecular flexibility index (Phi) is 7.37. The van der Waals surface area contributed by atoms with Gasteiger partial charge in [-0.3, -0.25) is 4.79 Å². The quantitative estimate of drug-likeness (QED) is 0.338. The third-order valence-electron chi connectivity index (χ3n) is 0.563. The summed E-state index contributed by atoms with van der Waals surface area (Å²) in [4.78, 5) is 20.2. The molecule has 0 aromatic carbocycles. The van der Waals surface area contributed by atoms with Gasteiger partial charge in [-0.15, -0.1) is 0 Å². The number of ether oxygens (including phenoxy) is 1. The molecule has 0 radical (unpaired) electrons. The second kappa shape index (κ2) is 5.79. The van der Waals surface area contributed by atoms with E-state index in [1.165, 1.54) is 6.92 Å². The van der Waals surface area contributed by atoms with Crippen LogP contribution in [0.5, 0.6) is 0 Å². The smallest absolute Gasteiger partial charge is 0.374 e. The van der Waals surface area contributed by atoms with Gasteiger partial charge in [0.25, 0.3) is 0 Å². The summed E-state index contributed by atoms with van der Waals surface area (Å²) in [5.74, 6) is -1.31. The van der Waals surface area contributed by atoms with E-state index >= 15 is 0 Å². The first kappa shape index (κ1) is 11.5. The normalized spacial score (nSPS) is 7.33. The Balaban J connectivity index is 0. The fourth-order valence-electron chi connectivity index (χ4n) is 0.233. The Morgan fingerprint density at radius 2 is 1.89 bits per heavy atom. The maximum atomic E-state index is 10.2. The van der Waals surface area contributed by atoms with Crippen molar-refractivity contribution in [3.63, 3.8) is 0 Å². The molecule has 0 aromatic heterocycles. The fraction of sp³-hybridized carbons (Fsp3) is 0.600. The third kappa shape index (κ3) is 5.53. The molecule has 0 amide bonds. The van der Waals surface area contributed by atoms with E-state index in [-0.39, 0.29) is 23.7 Å². The zero-order chi connectivity index (χ0) is 6.57. The summed E-state index contributed by atoms with van der Waals surface area (Å²) >= 11 is 0. The van der Waals surface area contributed by atoms with Crippen LogP contribution in [0.3, 0.4) is 0 Å². The van der Waals surface area contributed by atoms with Gasteiger partial charge in [-0.05, 0) is 6.92 Å². The standard InChI is InChI=1S/C5H8O3.Fe/c1-3-8-5(7)4(2)6;/h3H2,1-2H3;. The third-order valence-corrected chi connectivity index (χ3v) is 0.563. The molecule has 0 rings (SSSR count). The summed E-state index contributed by atoms with van der Waals surface area (Å²) in [6, 6.07) is 0. The number of esters is 1. The fourth-order valence-corrected chi connectivity index (χ4v) is 0.233. The summed E-state index contributed by atoms with van der Waals surface area (Å²) in [7, 11) is 0. The molecule has 0 spiro atoms. The van der Waals surface area contributed by atoms with Crippen molar-refractivity contribution in [3.05, 3.63) is 0 Å². The minimum atomic E-state index is -0.757. The molecular formula is C5H8FeO3. The van der Waals surface area contributed by atoms with Crippen LogP contribution in [-0.4, -0.2) is 18.4 Å². The van der Waals surface area contributed by atoms with E-state index in [1.54, 1.807) is 6.92 Å². The van der Waals surface area contributed by atoms with Crippen LogP contribution in [0.4, 0.5) is 0 Å². The van der Waals surface area contributed by atoms with Gasteiger partial charge in [0, 0.05) is 24.0 Å². The number of Topliss-reactive ketones (excluding diaryl/α,β-unsaturated/α-hetero) is 1. The Morgan fingerprint density at radius 1 is 1.44 bits per heavy atom. The number of carbonyl (C=O) groups is 2. The van der Waals surface area contributed by atoms with Gasteiger partial charge in [0.05, 0.1) is 6.61 Å². The van der Waals surface area contributed by atoms with Crippen LogP contribution < -0.4 is 0 Å². The molecular weight excluding hydrogens is 164 g/mol. The van der Waals surface area contributed by atoms with Crippen molar-refractivity contribution >= 4 is 11.8 Å². The van der Waals surface area contributed by atoms with E-state index in [0.717, 1.165) is 0 Å². The molecule has 0 bridgehead atoms. The van der Waals surface area contributed by atoms with Crippen molar-refractivity contribution in [3.8, 4) is 0 Å². The van der Waals surface area contributed by atoms with Crippen molar-refractivity contribution in [2.45, 2.75) is 13.8 Å². The Labute approximate surface area is 64.2 Å². The van der Waals surface area contributed by atoms with Gasteiger partial charge in [-0.2, -0.15) is 0 Å². The van der Waals surface area contributed by atoms with Crippen LogP contribution in [0.2, 0.25) is 0 Å². The minimum Gasteiger partial charge on any atom is -0.460 e. The van der Waals surface area contributed by atoms with Crippen LogP contribution in [0.15, 0.2) is 0 Å². The molecule has 0 saturated carbocycles. The average Bonchev–Trinajstić information content (AvgIpc) is 1.67. The van der Waals surface area contributed by atoms with Crippen molar-refractivity contribution < 1.29 is 31.4 Å². The van der Waals surface area contributed by atoms with Gasteiger partial charge in [-0.25, -0.2) is 4.79 Å². The van der Waals surface area contributed by atoms with Gasteiger partial charge < -0.3 is 4.74 Å². The van der Waals surface area contributed by atoms with Crippen molar-refractivity contribution in [1.29, 1.82) is 0 Å². The minimum absolute atomic E-state index is 0. The average molecular weight is 172 g/mol. The molecule has 9 heavy (non-hydrogen) atoms. The summed E-state index contributed by atoms with van der Waals surface area (Å²) < 4.78 is 4.31. The van der Waals surface area contributed by atoms with Crippen LogP contribution in [-0.2, 0) is 31.4 Å². The molecule has 0 fully saturated rings. The van der Waals surface area contributed by atoms with Gasteiger partial charge in [0.2, 0.25) is 5.78 Å². The van der Waals surface area contributed by atoms with Crippen molar-refractivity contribution in [2.24, 2.45) is 0 Å². The maximum absolute atomic E-state index is 10.2. The number of carbonyl (C=O) groups excluding carboxylic acids is 2. The van der Waals surface area contributed by atoms with Gasteiger partial charge >= 0.3 is 5.97 Å². The predicted octanol–water partition coefficient (Wildman–Crippen LogP) is 0.136. The van der Waals surface area contributed by atoms with Gasteiger partial charge in [0.15, 0.2) is 0 Å². The number of hydrogen-bond donors (Lipinski definition) is 0. The van der Waals surface area contributed by atoms with E-state index in [2.05, 4.69) is 4.74 Å².